The van der Waals surface area contributed by atoms with E-state index < -0.39 is 11.7 Å². The van der Waals surface area contributed by atoms with E-state index in [1.54, 1.807) is 6.07 Å². The van der Waals surface area contributed by atoms with Crippen LogP contribution >= 0.6 is 0 Å². The first-order valence-corrected chi connectivity index (χ1v) is 10.0. The van der Waals surface area contributed by atoms with Gasteiger partial charge in [0.1, 0.15) is 0 Å². The largest absolute Gasteiger partial charge is 0.416 e. The van der Waals surface area contributed by atoms with E-state index in [0.717, 1.165) is 50.8 Å². The first-order chi connectivity index (χ1) is 13.5. The molecule has 2 unspecified atom stereocenters. The van der Waals surface area contributed by atoms with Crippen LogP contribution in [0.3, 0.4) is 0 Å². The predicted molar refractivity (Wildman–Crippen MR) is 105 cm³/mol. The number of hydrogen-bond donors (Lipinski definition) is 2. The van der Waals surface area contributed by atoms with Crippen molar-refractivity contribution in [3.63, 3.8) is 0 Å². The van der Waals surface area contributed by atoms with Gasteiger partial charge in [0.15, 0.2) is 0 Å². The number of halogens is 3. The molecule has 3 aliphatic heterocycles. The molecule has 6 heteroatoms. The van der Waals surface area contributed by atoms with Crippen LogP contribution in [0.2, 0.25) is 0 Å². The Labute approximate surface area is 162 Å². The normalized spacial score (nSPS) is 23.3. The number of alkyl halides is 3. The maximum atomic E-state index is 13.0. The lowest BCUT2D eigenvalue weighted by Crippen LogP contribution is -2.41. The lowest BCUT2D eigenvalue weighted by atomic mass is 9.80. The van der Waals surface area contributed by atoms with E-state index in [9.17, 15) is 13.2 Å². The van der Waals surface area contributed by atoms with E-state index in [0.29, 0.717) is 23.9 Å². The van der Waals surface area contributed by atoms with Crippen molar-refractivity contribution in [2.24, 2.45) is 5.92 Å². The summed E-state index contributed by atoms with van der Waals surface area (Å²) in [5.74, 6) is 1.19. The average molecular weight is 387 g/mol. The Morgan fingerprint density at radius 3 is 2.89 bits per heavy atom. The van der Waals surface area contributed by atoms with E-state index in [4.69, 9.17) is 0 Å². The van der Waals surface area contributed by atoms with Gasteiger partial charge in [-0.3, -0.25) is 0 Å². The molecular formula is C22H24F3N3. The molecule has 1 fully saturated rings. The van der Waals surface area contributed by atoms with Gasteiger partial charge in [0.05, 0.1) is 5.56 Å². The molecule has 5 rings (SSSR count). The van der Waals surface area contributed by atoms with Crippen LogP contribution in [0.15, 0.2) is 36.4 Å². The summed E-state index contributed by atoms with van der Waals surface area (Å²) >= 11 is 0. The fourth-order valence-corrected chi connectivity index (χ4v) is 5.07. The molecule has 0 aromatic heterocycles. The molecule has 3 nitrogen and oxygen atoms in total. The molecule has 0 radical (unpaired) electrons. The van der Waals surface area contributed by atoms with Crippen molar-refractivity contribution < 1.29 is 13.2 Å². The predicted octanol–water partition coefficient (Wildman–Crippen LogP) is 4.39. The smallest absolute Gasteiger partial charge is 0.381 e. The van der Waals surface area contributed by atoms with Crippen molar-refractivity contribution in [3.8, 4) is 0 Å². The molecule has 2 aromatic rings. The SMILES string of the molecule is FC(F)(F)c1cccc(CNc2cc3c4c(c2)C2CNCC2CN4CCC3)c1. The maximum absolute atomic E-state index is 13.0. The van der Waals surface area contributed by atoms with Crippen LogP contribution in [0.4, 0.5) is 24.5 Å². The lowest BCUT2D eigenvalue weighted by molar-refractivity contribution is -0.137. The topological polar surface area (TPSA) is 27.3 Å². The van der Waals surface area contributed by atoms with Gasteiger partial charge >= 0.3 is 6.18 Å². The second-order valence-electron chi connectivity index (χ2n) is 8.20. The minimum atomic E-state index is -4.31. The van der Waals surface area contributed by atoms with E-state index in [1.165, 1.54) is 28.9 Å². The number of aryl methyl sites for hydroxylation is 1. The molecule has 28 heavy (non-hydrogen) atoms. The van der Waals surface area contributed by atoms with Crippen molar-refractivity contribution in [1.29, 1.82) is 0 Å². The molecule has 0 amide bonds. The van der Waals surface area contributed by atoms with E-state index in [2.05, 4.69) is 27.7 Å². The molecule has 0 bridgehead atoms. The first-order valence-electron chi connectivity index (χ1n) is 10.0. The Morgan fingerprint density at radius 1 is 1.14 bits per heavy atom. The minimum Gasteiger partial charge on any atom is -0.381 e. The molecular weight excluding hydrogens is 363 g/mol. The third-order valence-corrected chi connectivity index (χ3v) is 6.35. The van der Waals surface area contributed by atoms with Crippen LogP contribution in [0.5, 0.6) is 0 Å². The number of anilines is 2. The Morgan fingerprint density at radius 2 is 2.04 bits per heavy atom. The van der Waals surface area contributed by atoms with Gasteiger partial charge < -0.3 is 15.5 Å². The van der Waals surface area contributed by atoms with Gasteiger partial charge in [0.25, 0.3) is 0 Å². The minimum absolute atomic E-state index is 0.387. The zero-order chi connectivity index (χ0) is 19.3. The van der Waals surface area contributed by atoms with Crippen molar-refractivity contribution in [2.45, 2.75) is 31.5 Å². The highest BCUT2D eigenvalue weighted by Crippen LogP contribution is 2.45. The summed E-state index contributed by atoms with van der Waals surface area (Å²) in [7, 11) is 0. The number of nitrogens with one attached hydrogen (secondary N) is 2. The van der Waals surface area contributed by atoms with Gasteiger partial charge in [-0.25, -0.2) is 0 Å². The van der Waals surface area contributed by atoms with Crippen molar-refractivity contribution in [1.82, 2.24) is 5.32 Å². The lowest BCUT2D eigenvalue weighted by Gasteiger charge is -2.42. The summed E-state index contributed by atoms with van der Waals surface area (Å²) < 4.78 is 38.9. The van der Waals surface area contributed by atoms with Crippen molar-refractivity contribution in [2.75, 3.05) is 36.4 Å². The number of fused-ring (bicyclic) bond motifs is 2. The molecule has 148 valence electrons. The molecule has 2 N–H and O–H groups in total. The number of benzene rings is 2. The molecule has 2 aromatic carbocycles. The molecule has 1 saturated heterocycles. The standard InChI is InChI=1S/C22H24F3N3/c23-22(24,25)17-5-1-3-14(7-17)10-27-18-8-15-4-2-6-28-13-16-11-26-12-20(16)19(9-18)21(15)28/h1,3,5,7-9,16,20,26-27H,2,4,6,10-13H2. The Bertz CT molecular complexity index is 893. The van der Waals surface area contributed by atoms with Crippen molar-refractivity contribution in [3.05, 3.63) is 58.7 Å². The second-order valence-corrected chi connectivity index (χ2v) is 8.20. The van der Waals surface area contributed by atoms with Crippen LogP contribution in [0, 0.1) is 5.92 Å². The zero-order valence-electron chi connectivity index (χ0n) is 15.6. The van der Waals surface area contributed by atoms with E-state index in [1.807, 2.05) is 0 Å². The Kier molecular flexibility index (Phi) is 4.27. The average Bonchev–Trinajstić information content (AvgIpc) is 3.15. The zero-order valence-corrected chi connectivity index (χ0v) is 15.6. The third kappa shape index (κ3) is 3.13. The van der Waals surface area contributed by atoms with Crippen LogP contribution in [-0.2, 0) is 19.1 Å². The molecule has 0 spiro atoms. The van der Waals surface area contributed by atoms with Gasteiger partial charge in [-0.05, 0) is 59.7 Å². The van der Waals surface area contributed by atoms with Crippen LogP contribution in [0.1, 0.15) is 34.6 Å². The van der Waals surface area contributed by atoms with Crippen molar-refractivity contribution >= 4 is 11.4 Å². The highest BCUT2D eigenvalue weighted by molar-refractivity contribution is 5.70. The molecule has 2 atom stereocenters. The number of hydrogen-bond acceptors (Lipinski definition) is 3. The van der Waals surface area contributed by atoms with E-state index in [-0.39, 0.29) is 0 Å². The van der Waals surface area contributed by atoms with Gasteiger partial charge in [0.2, 0.25) is 0 Å². The summed E-state index contributed by atoms with van der Waals surface area (Å²) in [5, 5.41) is 6.91. The van der Waals surface area contributed by atoms with E-state index >= 15 is 0 Å². The summed E-state index contributed by atoms with van der Waals surface area (Å²) in [6.45, 7) is 4.73. The van der Waals surface area contributed by atoms with Crippen LogP contribution in [-0.4, -0.2) is 26.2 Å². The van der Waals surface area contributed by atoms with Gasteiger partial charge in [-0.15, -0.1) is 0 Å². The highest BCUT2D eigenvalue weighted by atomic mass is 19.4. The molecule has 3 heterocycles. The summed E-state index contributed by atoms with van der Waals surface area (Å²) in [4.78, 5) is 2.54. The number of nitrogens with zero attached hydrogens (tertiary/aromatic N) is 1. The Balaban J connectivity index is 1.42. The molecule has 0 aliphatic carbocycles. The molecule has 0 saturated carbocycles. The number of rotatable bonds is 3. The first kappa shape index (κ1) is 17.9. The van der Waals surface area contributed by atoms with Gasteiger partial charge in [-0.1, -0.05) is 12.1 Å². The van der Waals surface area contributed by atoms with Crippen LogP contribution < -0.4 is 15.5 Å². The van der Waals surface area contributed by atoms with Gasteiger partial charge in [0, 0.05) is 50.0 Å². The van der Waals surface area contributed by atoms with Gasteiger partial charge in [-0.2, -0.15) is 13.2 Å². The monoisotopic (exact) mass is 387 g/mol. The fourth-order valence-electron chi connectivity index (χ4n) is 5.07. The van der Waals surface area contributed by atoms with Crippen LogP contribution in [0.25, 0.3) is 0 Å². The fraction of sp³-hybridized carbons (Fsp3) is 0.455. The summed E-state index contributed by atoms with van der Waals surface area (Å²) in [5.41, 5.74) is 5.26. The maximum Gasteiger partial charge on any atom is 0.416 e. The third-order valence-electron chi connectivity index (χ3n) is 6.35. The summed E-state index contributed by atoms with van der Waals surface area (Å²) in [6, 6.07) is 9.99. The molecule has 3 aliphatic rings. The summed E-state index contributed by atoms with van der Waals surface area (Å²) in [6.07, 6.45) is -2.07. The Hall–Kier alpha value is -2.21. The highest BCUT2D eigenvalue weighted by Gasteiger charge is 2.38. The quantitative estimate of drug-likeness (QED) is 0.818. The second kappa shape index (κ2) is 6.69.